The summed E-state index contributed by atoms with van der Waals surface area (Å²) in [4.78, 5) is 37.2. The van der Waals surface area contributed by atoms with Crippen LogP contribution in [0.3, 0.4) is 0 Å². The lowest BCUT2D eigenvalue weighted by Gasteiger charge is -2.20. The lowest BCUT2D eigenvalue weighted by molar-refractivity contribution is -0.145. The van der Waals surface area contributed by atoms with E-state index in [0.29, 0.717) is 14.1 Å². The third-order valence-electron chi connectivity index (χ3n) is 3.15. The molecule has 2 rings (SSSR count). The molecule has 0 saturated carbocycles. The van der Waals surface area contributed by atoms with Crippen molar-refractivity contribution in [2.45, 2.75) is 19.9 Å². The van der Waals surface area contributed by atoms with E-state index < -0.39 is 12.0 Å². The molecule has 0 saturated heterocycles. The molecule has 24 heavy (non-hydrogen) atoms. The van der Waals surface area contributed by atoms with E-state index in [0.717, 1.165) is 11.3 Å². The van der Waals surface area contributed by atoms with E-state index in [-0.39, 0.29) is 24.2 Å². The summed E-state index contributed by atoms with van der Waals surface area (Å²) < 4.78 is 5.57. The smallest absolute Gasteiger partial charge is 0.329 e. The van der Waals surface area contributed by atoms with Crippen molar-refractivity contribution in [3.05, 3.63) is 43.7 Å². The highest BCUT2D eigenvalue weighted by Gasteiger charge is 2.27. The van der Waals surface area contributed by atoms with E-state index in [1.54, 1.807) is 43.5 Å². The Kier molecular flexibility index (Phi) is 6.53. The molecule has 128 valence electrons. The quantitative estimate of drug-likeness (QED) is 0.583. The van der Waals surface area contributed by atoms with Crippen LogP contribution in [-0.4, -0.2) is 30.3 Å². The molecule has 0 aliphatic carbocycles. The number of amides is 1. The fraction of sp³-hybridized carbons (Fsp3) is 0.312. The first kappa shape index (κ1) is 18.6. The Morgan fingerprint density at radius 1 is 1.21 bits per heavy atom. The summed E-state index contributed by atoms with van der Waals surface area (Å²) in [5.74, 6) is -1.47. The SMILES string of the molecule is CC(C)[C@H](NC(=O)c1cccs1)C(=O)OCC(=O)c1ccc(Cl)s1. The van der Waals surface area contributed by atoms with Crippen LogP contribution in [0.15, 0.2) is 29.6 Å². The van der Waals surface area contributed by atoms with E-state index in [4.69, 9.17) is 16.3 Å². The third-order valence-corrected chi connectivity index (χ3v) is 5.29. The van der Waals surface area contributed by atoms with E-state index in [2.05, 4.69) is 5.32 Å². The number of rotatable bonds is 7. The Morgan fingerprint density at radius 2 is 1.96 bits per heavy atom. The Bertz CT molecular complexity index is 724. The van der Waals surface area contributed by atoms with Crippen LogP contribution in [-0.2, 0) is 9.53 Å². The van der Waals surface area contributed by atoms with Crippen molar-refractivity contribution < 1.29 is 19.1 Å². The van der Waals surface area contributed by atoms with E-state index in [1.807, 2.05) is 0 Å². The average Bonchev–Trinajstić information content (AvgIpc) is 3.20. The van der Waals surface area contributed by atoms with Crippen LogP contribution in [0.5, 0.6) is 0 Å². The molecular formula is C16H16ClNO4S2. The first-order valence-electron chi connectivity index (χ1n) is 7.18. The summed E-state index contributed by atoms with van der Waals surface area (Å²) in [7, 11) is 0. The van der Waals surface area contributed by atoms with Crippen molar-refractivity contribution in [1.82, 2.24) is 5.32 Å². The van der Waals surface area contributed by atoms with Crippen LogP contribution < -0.4 is 5.32 Å². The van der Waals surface area contributed by atoms with Crippen LogP contribution in [0.4, 0.5) is 0 Å². The molecule has 0 aliphatic rings. The Morgan fingerprint density at radius 3 is 2.50 bits per heavy atom. The number of carbonyl (C=O) groups excluding carboxylic acids is 3. The normalized spacial score (nSPS) is 12.0. The lowest BCUT2D eigenvalue weighted by atomic mass is 10.0. The number of nitrogens with one attached hydrogen (secondary N) is 1. The summed E-state index contributed by atoms with van der Waals surface area (Å²) in [5.41, 5.74) is 0. The first-order valence-corrected chi connectivity index (χ1v) is 9.25. The number of hydrogen-bond acceptors (Lipinski definition) is 6. The van der Waals surface area contributed by atoms with Crippen LogP contribution >= 0.6 is 34.3 Å². The van der Waals surface area contributed by atoms with Gasteiger partial charge in [0, 0.05) is 0 Å². The molecule has 5 nitrogen and oxygen atoms in total. The van der Waals surface area contributed by atoms with Crippen molar-refractivity contribution in [3.63, 3.8) is 0 Å². The molecule has 0 fully saturated rings. The minimum Gasteiger partial charge on any atom is -0.456 e. The fourth-order valence-electron chi connectivity index (χ4n) is 1.88. The van der Waals surface area contributed by atoms with Gasteiger partial charge >= 0.3 is 5.97 Å². The van der Waals surface area contributed by atoms with Crippen LogP contribution in [0.25, 0.3) is 0 Å². The minimum atomic E-state index is -0.820. The molecular weight excluding hydrogens is 370 g/mol. The topological polar surface area (TPSA) is 72.5 Å². The maximum Gasteiger partial charge on any atom is 0.329 e. The molecule has 2 aromatic heterocycles. The van der Waals surface area contributed by atoms with Crippen molar-refractivity contribution in [1.29, 1.82) is 0 Å². The van der Waals surface area contributed by atoms with Crippen molar-refractivity contribution in [2.24, 2.45) is 5.92 Å². The summed E-state index contributed by atoms with van der Waals surface area (Å²) in [5, 5.41) is 4.43. The molecule has 0 spiro atoms. The van der Waals surface area contributed by atoms with Gasteiger partial charge in [-0.15, -0.1) is 22.7 Å². The second-order valence-corrected chi connectivity index (χ2v) is 7.97. The first-order chi connectivity index (χ1) is 11.4. The second-order valence-electron chi connectivity index (χ2n) is 5.31. The van der Waals surface area contributed by atoms with Gasteiger partial charge in [0.1, 0.15) is 6.04 Å². The van der Waals surface area contributed by atoms with E-state index in [9.17, 15) is 14.4 Å². The molecule has 8 heteroatoms. The van der Waals surface area contributed by atoms with Gasteiger partial charge in [0.05, 0.1) is 14.1 Å². The molecule has 0 unspecified atom stereocenters. The predicted octanol–water partition coefficient (Wildman–Crippen LogP) is 3.64. The maximum atomic E-state index is 12.2. The molecule has 0 radical (unpaired) electrons. The van der Waals surface area contributed by atoms with Gasteiger partial charge in [-0.2, -0.15) is 0 Å². The third kappa shape index (κ3) is 4.90. The number of Topliss-reactive ketones (excluding diaryl/α,β-unsaturated/α-hetero) is 1. The zero-order valence-corrected chi connectivity index (χ0v) is 15.5. The Balaban J connectivity index is 1.94. The van der Waals surface area contributed by atoms with Gasteiger partial charge in [0.2, 0.25) is 5.78 Å². The van der Waals surface area contributed by atoms with Crippen molar-refractivity contribution in [2.75, 3.05) is 6.61 Å². The average molecular weight is 386 g/mol. The maximum absolute atomic E-state index is 12.2. The van der Waals surface area contributed by atoms with Gasteiger partial charge in [-0.25, -0.2) is 4.79 Å². The fourth-order valence-corrected chi connectivity index (χ4v) is 3.47. The summed E-state index contributed by atoms with van der Waals surface area (Å²) >= 11 is 8.19. The highest BCUT2D eigenvalue weighted by molar-refractivity contribution is 7.18. The van der Waals surface area contributed by atoms with Gasteiger partial charge in [-0.05, 0) is 29.5 Å². The summed E-state index contributed by atoms with van der Waals surface area (Å²) in [6, 6.07) is 5.81. The van der Waals surface area contributed by atoms with Gasteiger partial charge in [-0.3, -0.25) is 9.59 Å². The zero-order chi connectivity index (χ0) is 17.7. The van der Waals surface area contributed by atoms with Gasteiger partial charge < -0.3 is 10.1 Å². The number of esters is 1. The molecule has 1 amide bonds. The lowest BCUT2D eigenvalue weighted by Crippen LogP contribution is -2.45. The second kappa shape index (κ2) is 8.41. The standard InChI is InChI=1S/C16H16ClNO4S2/c1-9(2)14(18-15(20)12-4-3-7-23-12)16(21)22-8-10(19)11-5-6-13(17)24-11/h3-7,9,14H,8H2,1-2H3,(H,18,20)/t14-/m0/s1. The van der Waals surface area contributed by atoms with Crippen LogP contribution in [0, 0.1) is 5.92 Å². The number of thiophene rings is 2. The van der Waals surface area contributed by atoms with Crippen molar-refractivity contribution in [3.8, 4) is 0 Å². The number of hydrogen-bond donors (Lipinski definition) is 1. The Hall–Kier alpha value is -1.70. The van der Waals surface area contributed by atoms with Gasteiger partial charge in [0.25, 0.3) is 5.91 Å². The van der Waals surface area contributed by atoms with Gasteiger partial charge in [-0.1, -0.05) is 31.5 Å². The highest BCUT2D eigenvalue weighted by atomic mass is 35.5. The van der Waals surface area contributed by atoms with Crippen LogP contribution in [0.1, 0.15) is 33.2 Å². The van der Waals surface area contributed by atoms with Gasteiger partial charge in [0.15, 0.2) is 6.61 Å². The molecule has 2 aromatic rings. The molecule has 0 aromatic carbocycles. The number of ketones is 1. The van der Waals surface area contributed by atoms with Crippen LogP contribution in [0.2, 0.25) is 4.34 Å². The summed E-state index contributed by atoms with van der Waals surface area (Å²) in [6.45, 7) is 3.21. The monoisotopic (exact) mass is 385 g/mol. The molecule has 0 bridgehead atoms. The van der Waals surface area contributed by atoms with Crippen molar-refractivity contribution >= 4 is 51.9 Å². The highest BCUT2D eigenvalue weighted by Crippen LogP contribution is 2.21. The summed E-state index contributed by atoms with van der Waals surface area (Å²) in [6.07, 6.45) is 0. The van der Waals surface area contributed by atoms with E-state index in [1.165, 1.54) is 11.3 Å². The number of ether oxygens (including phenoxy) is 1. The number of carbonyl (C=O) groups is 3. The minimum absolute atomic E-state index is 0.173. The molecule has 0 aliphatic heterocycles. The zero-order valence-electron chi connectivity index (χ0n) is 13.1. The molecule has 1 atom stereocenters. The molecule has 1 N–H and O–H groups in total. The van der Waals surface area contributed by atoms with E-state index >= 15 is 0 Å². The predicted molar refractivity (Wildman–Crippen MR) is 95.0 cm³/mol. The largest absolute Gasteiger partial charge is 0.456 e. The Labute approximate surface area is 152 Å². The number of halogens is 1. The molecule has 2 heterocycles.